The fourth-order valence-electron chi connectivity index (χ4n) is 4.07. The van der Waals surface area contributed by atoms with Crippen molar-refractivity contribution in [1.82, 2.24) is 20.9 Å². The van der Waals surface area contributed by atoms with Crippen LogP contribution in [-0.2, 0) is 30.4 Å². The molecule has 0 saturated heterocycles. The number of carboxylic acid groups (broad SMARTS) is 2. The normalized spacial score (nSPS) is 14.4. The van der Waals surface area contributed by atoms with Crippen molar-refractivity contribution in [3.63, 3.8) is 0 Å². The molecule has 1 heterocycles. The third-order valence-corrected chi connectivity index (χ3v) is 6.35. The third-order valence-electron chi connectivity index (χ3n) is 6.35. The predicted molar refractivity (Wildman–Crippen MR) is 145 cm³/mol. The summed E-state index contributed by atoms with van der Waals surface area (Å²) < 4.78 is 0. The van der Waals surface area contributed by atoms with Crippen LogP contribution in [0.4, 0.5) is 0 Å². The smallest absolute Gasteiger partial charge is 0.326 e. The van der Waals surface area contributed by atoms with Crippen LogP contribution in [0.15, 0.2) is 30.5 Å². The van der Waals surface area contributed by atoms with Gasteiger partial charge in [-0.3, -0.25) is 19.2 Å². The van der Waals surface area contributed by atoms with E-state index in [0.29, 0.717) is 5.56 Å². The van der Waals surface area contributed by atoms with Crippen LogP contribution >= 0.6 is 0 Å². The summed E-state index contributed by atoms with van der Waals surface area (Å²) in [6, 6.07) is 2.87. The molecule has 1 aromatic carbocycles. The molecule has 0 saturated carbocycles. The molecule has 4 atom stereocenters. The minimum atomic E-state index is -1.47. The number of para-hydroxylation sites is 1. The fraction of sp³-hybridized carbons (Fsp3) is 0.519. The lowest BCUT2D eigenvalue weighted by molar-refractivity contribution is -0.143. The van der Waals surface area contributed by atoms with Gasteiger partial charge in [-0.1, -0.05) is 45.9 Å². The highest BCUT2D eigenvalue weighted by atomic mass is 16.4. The van der Waals surface area contributed by atoms with Crippen molar-refractivity contribution in [2.24, 2.45) is 17.6 Å². The van der Waals surface area contributed by atoms with Gasteiger partial charge in [0.15, 0.2) is 0 Å². The van der Waals surface area contributed by atoms with E-state index < -0.39 is 60.2 Å². The number of hydrogen-bond acceptors (Lipinski definition) is 6. The number of nitrogens with two attached hydrogens (primary N) is 1. The molecule has 39 heavy (non-hydrogen) atoms. The molecule has 2 aromatic rings. The molecule has 8 N–H and O–H groups in total. The van der Waals surface area contributed by atoms with Gasteiger partial charge >= 0.3 is 11.9 Å². The summed E-state index contributed by atoms with van der Waals surface area (Å²) in [5.41, 5.74) is 7.47. The zero-order valence-corrected chi connectivity index (χ0v) is 22.7. The first kappa shape index (κ1) is 31.3. The van der Waals surface area contributed by atoms with Crippen LogP contribution < -0.4 is 21.7 Å². The van der Waals surface area contributed by atoms with Crippen LogP contribution in [-0.4, -0.2) is 69.0 Å². The van der Waals surface area contributed by atoms with E-state index in [0.717, 1.165) is 10.9 Å². The Morgan fingerprint density at radius 1 is 0.872 bits per heavy atom. The first-order valence-corrected chi connectivity index (χ1v) is 13.0. The molecule has 12 nitrogen and oxygen atoms in total. The van der Waals surface area contributed by atoms with E-state index in [4.69, 9.17) is 10.8 Å². The van der Waals surface area contributed by atoms with E-state index in [2.05, 4.69) is 20.9 Å². The predicted octanol–water partition coefficient (Wildman–Crippen LogP) is 1.14. The molecule has 0 aliphatic carbocycles. The molecule has 0 fully saturated rings. The summed E-state index contributed by atoms with van der Waals surface area (Å²) in [5.74, 6) is -4.65. The first-order valence-electron chi connectivity index (χ1n) is 13.0. The Labute approximate surface area is 227 Å². The number of nitrogens with one attached hydrogen (secondary N) is 4. The van der Waals surface area contributed by atoms with E-state index >= 15 is 0 Å². The fourth-order valence-corrected chi connectivity index (χ4v) is 4.07. The van der Waals surface area contributed by atoms with E-state index in [9.17, 15) is 29.1 Å². The van der Waals surface area contributed by atoms with Crippen LogP contribution in [0.3, 0.4) is 0 Å². The number of aromatic amines is 1. The lowest BCUT2D eigenvalue weighted by Crippen LogP contribution is -2.58. The molecule has 2 rings (SSSR count). The molecule has 1 aromatic heterocycles. The van der Waals surface area contributed by atoms with Gasteiger partial charge in [0.1, 0.15) is 18.1 Å². The Morgan fingerprint density at radius 2 is 1.46 bits per heavy atom. The quantitative estimate of drug-likeness (QED) is 0.172. The van der Waals surface area contributed by atoms with E-state index in [-0.39, 0.29) is 31.1 Å². The first-order chi connectivity index (χ1) is 18.3. The Bertz CT molecular complexity index is 1180. The second-order valence-electron chi connectivity index (χ2n) is 10.4. The molecule has 214 valence electrons. The Balaban J connectivity index is 2.33. The second kappa shape index (κ2) is 14.3. The molecule has 3 amide bonds. The number of aromatic nitrogens is 1. The zero-order chi connectivity index (χ0) is 29.3. The Hall–Kier alpha value is -3.93. The largest absolute Gasteiger partial charge is 0.481 e. The average Bonchev–Trinajstić information content (AvgIpc) is 3.27. The van der Waals surface area contributed by atoms with Gasteiger partial charge in [0.05, 0.1) is 6.04 Å². The Kier molecular flexibility index (Phi) is 11.5. The summed E-state index contributed by atoms with van der Waals surface area (Å²) >= 11 is 0. The monoisotopic (exact) mass is 545 g/mol. The van der Waals surface area contributed by atoms with Gasteiger partial charge in [0, 0.05) is 29.9 Å². The molecule has 0 bridgehead atoms. The number of benzene rings is 1. The van der Waals surface area contributed by atoms with E-state index in [1.165, 1.54) is 0 Å². The van der Waals surface area contributed by atoms with Crippen molar-refractivity contribution in [2.75, 3.05) is 0 Å². The standard InChI is InChI=1S/C27H39N5O7/c1-14(2)11-20(32-26(37)23(28)15(3)4)24(35)31-21(12-16-13-29-18-8-6-5-7-17(16)18)25(36)30-19(27(38)39)9-10-22(33)34/h5-8,13-15,19-21,23,29H,9-12,28H2,1-4H3,(H,30,36)(H,31,35)(H,32,37)(H,33,34)(H,38,39). The number of aliphatic carboxylic acids is 2. The van der Waals surface area contributed by atoms with Crippen molar-refractivity contribution in [3.05, 3.63) is 36.0 Å². The van der Waals surface area contributed by atoms with Crippen molar-refractivity contribution in [2.45, 2.75) is 77.5 Å². The highest BCUT2D eigenvalue weighted by Gasteiger charge is 2.32. The Morgan fingerprint density at radius 3 is 2.05 bits per heavy atom. The minimum absolute atomic E-state index is 0.0146. The number of carboxylic acids is 2. The van der Waals surface area contributed by atoms with Crippen LogP contribution in [0, 0.1) is 11.8 Å². The van der Waals surface area contributed by atoms with Gasteiger partial charge in [-0.05, 0) is 36.3 Å². The van der Waals surface area contributed by atoms with Gasteiger partial charge in [0.2, 0.25) is 17.7 Å². The maximum absolute atomic E-state index is 13.4. The zero-order valence-electron chi connectivity index (χ0n) is 22.7. The van der Waals surface area contributed by atoms with Gasteiger partial charge < -0.3 is 36.9 Å². The topological polar surface area (TPSA) is 204 Å². The number of rotatable bonds is 15. The van der Waals surface area contributed by atoms with Crippen LogP contribution in [0.1, 0.15) is 52.5 Å². The summed E-state index contributed by atoms with van der Waals surface area (Å²) in [4.78, 5) is 65.1. The highest BCUT2D eigenvalue weighted by Crippen LogP contribution is 2.19. The molecule has 12 heteroatoms. The lowest BCUT2D eigenvalue weighted by atomic mass is 9.99. The van der Waals surface area contributed by atoms with Crippen LogP contribution in [0.5, 0.6) is 0 Å². The molecule has 0 aliphatic heterocycles. The minimum Gasteiger partial charge on any atom is -0.481 e. The average molecular weight is 546 g/mol. The maximum atomic E-state index is 13.4. The summed E-state index contributed by atoms with van der Waals surface area (Å²) in [6.07, 6.45) is 1.20. The molecular formula is C27H39N5O7. The number of hydrogen-bond donors (Lipinski definition) is 7. The van der Waals surface area contributed by atoms with Crippen molar-refractivity contribution in [1.29, 1.82) is 0 Å². The van der Waals surface area contributed by atoms with E-state index in [1.54, 1.807) is 20.0 Å². The molecule has 0 spiro atoms. The molecule has 4 unspecified atom stereocenters. The summed E-state index contributed by atoms with van der Waals surface area (Å²) in [5, 5.41) is 27.0. The SMILES string of the molecule is CC(C)CC(NC(=O)C(N)C(C)C)C(=O)NC(Cc1c[nH]c2ccccc12)C(=O)NC(CCC(=O)O)C(=O)O. The van der Waals surface area contributed by atoms with Gasteiger partial charge in [0.25, 0.3) is 0 Å². The number of carbonyl (C=O) groups excluding carboxylic acids is 3. The van der Waals surface area contributed by atoms with Gasteiger partial charge in [-0.25, -0.2) is 4.79 Å². The second-order valence-corrected chi connectivity index (χ2v) is 10.4. The third kappa shape index (κ3) is 9.40. The summed E-state index contributed by atoms with van der Waals surface area (Å²) in [7, 11) is 0. The summed E-state index contributed by atoms with van der Waals surface area (Å²) in [6.45, 7) is 7.33. The van der Waals surface area contributed by atoms with Gasteiger partial charge in [-0.2, -0.15) is 0 Å². The van der Waals surface area contributed by atoms with Crippen molar-refractivity contribution < 1.29 is 34.2 Å². The van der Waals surface area contributed by atoms with Gasteiger partial charge in [-0.15, -0.1) is 0 Å². The number of carbonyl (C=O) groups is 5. The van der Waals surface area contributed by atoms with Crippen molar-refractivity contribution >= 4 is 40.6 Å². The lowest BCUT2D eigenvalue weighted by Gasteiger charge is -2.26. The molecule has 0 radical (unpaired) electrons. The van der Waals surface area contributed by atoms with Crippen LogP contribution in [0.2, 0.25) is 0 Å². The highest BCUT2D eigenvalue weighted by molar-refractivity contribution is 5.95. The molecular weight excluding hydrogens is 506 g/mol. The maximum Gasteiger partial charge on any atom is 0.326 e. The van der Waals surface area contributed by atoms with Crippen molar-refractivity contribution in [3.8, 4) is 0 Å². The molecule has 0 aliphatic rings. The van der Waals surface area contributed by atoms with E-state index in [1.807, 2.05) is 38.1 Å². The van der Waals surface area contributed by atoms with Crippen LogP contribution in [0.25, 0.3) is 10.9 Å². The number of fused-ring (bicyclic) bond motifs is 1. The number of amides is 3. The number of H-pyrrole nitrogens is 1.